The molecule has 0 saturated heterocycles. The van der Waals surface area contributed by atoms with Crippen molar-refractivity contribution in [2.24, 2.45) is 11.0 Å². The highest BCUT2D eigenvalue weighted by atomic mass is 19.4. The van der Waals surface area contributed by atoms with E-state index in [4.69, 9.17) is 0 Å². The van der Waals surface area contributed by atoms with Crippen molar-refractivity contribution in [1.82, 2.24) is 10.7 Å². The molecular weight excluding hydrogens is 295 g/mol. The van der Waals surface area contributed by atoms with Crippen LogP contribution in [0.5, 0.6) is 0 Å². The highest BCUT2D eigenvalue weighted by Gasteiger charge is 2.34. The summed E-state index contributed by atoms with van der Waals surface area (Å²) in [5, 5.41) is 6.43. The molecule has 0 radical (unpaired) electrons. The van der Waals surface area contributed by atoms with E-state index in [1.807, 2.05) is 13.8 Å². The van der Waals surface area contributed by atoms with E-state index < -0.39 is 23.8 Å². The van der Waals surface area contributed by atoms with Crippen LogP contribution in [0.4, 0.5) is 18.0 Å². The monoisotopic (exact) mass is 313 g/mol. The number of urea groups is 1. The lowest BCUT2D eigenvalue weighted by Gasteiger charge is -2.23. The second-order valence-corrected chi connectivity index (χ2v) is 5.77. The Labute approximate surface area is 126 Å². The SMILES string of the molecule is CC(C)Cc1ccc(C2=NNC(=O)N[C@H]2C)cc1C(F)(F)F. The molecule has 1 atom stereocenters. The Morgan fingerprint density at radius 3 is 2.55 bits per heavy atom. The van der Waals surface area contributed by atoms with Crippen LogP contribution in [-0.4, -0.2) is 17.8 Å². The predicted octanol–water partition coefficient (Wildman–Crippen LogP) is 3.31. The van der Waals surface area contributed by atoms with Crippen LogP contribution < -0.4 is 10.7 Å². The van der Waals surface area contributed by atoms with Gasteiger partial charge in [0, 0.05) is 5.56 Å². The molecule has 1 aromatic carbocycles. The maximum Gasteiger partial charge on any atom is 0.416 e. The minimum absolute atomic E-state index is 0.124. The molecule has 120 valence electrons. The molecule has 0 saturated carbocycles. The summed E-state index contributed by atoms with van der Waals surface area (Å²) in [4.78, 5) is 11.1. The Bertz CT molecular complexity index is 609. The molecule has 0 fully saturated rings. The van der Waals surface area contributed by atoms with Gasteiger partial charge in [0.2, 0.25) is 0 Å². The highest BCUT2D eigenvalue weighted by Crippen LogP contribution is 2.34. The van der Waals surface area contributed by atoms with E-state index in [0.717, 1.165) is 6.07 Å². The van der Waals surface area contributed by atoms with Crippen LogP contribution in [0, 0.1) is 5.92 Å². The number of hydrazone groups is 1. The van der Waals surface area contributed by atoms with Crippen LogP contribution in [0.2, 0.25) is 0 Å². The molecule has 1 heterocycles. The predicted molar refractivity (Wildman–Crippen MR) is 77.7 cm³/mol. The van der Waals surface area contributed by atoms with E-state index >= 15 is 0 Å². The van der Waals surface area contributed by atoms with Crippen LogP contribution in [0.1, 0.15) is 37.5 Å². The second kappa shape index (κ2) is 5.98. The van der Waals surface area contributed by atoms with Crippen LogP contribution in [0.3, 0.4) is 0 Å². The number of hydrogen-bond acceptors (Lipinski definition) is 2. The van der Waals surface area contributed by atoms with Crippen molar-refractivity contribution >= 4 is 11.7 Å². The fourth-order valence-electron chi connectivity index (χ4n) is 2.44. The smallest absolute Gasteiger partial charge is 0.328 e. The summed E-state index contributed by atoms with van der Waals surface area (Å²) in [5.74, 6) is 0.124. The van der Waals surface area contributed by atoms with E-state index in [9.17, 15) is 18.0 Å². The molecule has 0 aromatic heterocycles. The number of halogens is 3. The molecule has 1 aliphatic rings. The van der Waals surface area contributed by atoms with Gasteiger partial charge in [-0.1, -0.05) is 26.0 Å². The number of alkyl halides is 3. The van der Waals surface area contributed by atoms with Gasteiger partial charge in [-0.2, -0.15) is 18.3 Å². The summed E-state index contributed by atoms with van der Waals surface area (Å²) >= 11 is 0. The Kier molecular flexibility index (Phi) is 4.44. The van der Waals surface area contributed by atoms with E-state index in [1.165, 1.54) is 6.07 Å². The maximum absolute atomic E-state index is 13.3. The molecule has 0 spiro atoms. The van der Waals surface area contributed by atoms with Crippen molar-refractivity contribution in [3.8, 4) is 0 Å². The van der Waals surface area contributed by atoms with Crippen LogP contribution in [-0.2, 0) is 12.6 Å². The Hall–Kier alpha value is -2.05. The minimum Gasteiger partial charge on any atom is -0.328 e. The Balaban J connectivity index is 2.45. The lowest BCUT2D eigenvalue weighted by molar-refractivity contribution is -0.138. The zero-order valence-electron chi connectivity index (χ0n) is 12.6. The van der Waals surface area contributed by atoms with Crippen molar-refractivity contribution in [3.05, 3.63) is 34.9 Å². The second-order valence-electron chi connectivity index (χ2n) is 5.77. The number of carbonyl (C=O) groups excluding carboxylic acids is 1. The zero-order chi connectivity index (χ0) is 16.5. The highest BCUT2D eigenvalue weighted by molar-refractivity contribution is 6.07. The molecule has 0 aliphatic carbocycles. The molecule has 2 amide bonds. The largest absolute Gasteiger partial charge is 0.416 e. The number of nitrogens with zero attached hydrogens (tertiary/aromatic N) is 1. The van der Waals surface area contributed by atoms with Gasteiger partial charge in [-0.15, -0.1) is 0 Å². The first-order chi connectivity index (χ1) is 10.2. The van der Waals surface area contributed by atoms with Gasteiger partial charge in [0.05, 0.1) is 17.3 Å². The maximum atomic E-state index is 13.3. The van der Waals surface area contributed by atoms with Crippen LogP contribution in [0.25, 0.3) is 0 Å². The van der Waals surface area contributed by atoms with E-state index in [0.29, 0.717) is 17.7 Å². The van der Waals surface area contributed by atoms with Crippen molar-refractivity contribution in [3.63, 3.8) is 0 Å². The molecule has 0 unspecified atom stereocenters. The van der Waals surface area contributed by atoms with Gasteiger partial charge in [-0.25, -0.2) is 10.2 Å². The fraction of sp³-hybridized carbons (Fsp3) is 0.467. The topological polar surface area (TPSA) is 53.5 Å². The van der Waals surface area contributed by atoms with Gasteiger partial charge in [0.25, 0.3) is 0 Å². The van der Waals surface area contributed by atoms with Crippen LogP contribution in [0.15, 0.2) is 23.3 Å². The van der Waals surface area contributed by atoms with E-state index in [-0.39, 0.29) is 11.5 Å². The van der Waals surface area contributed by atoms with Gasteiger partial charge in [0.1, 0.15) is 0 Å². The average molecular weight is 313 g/mol. The number of benzene rings is 1. The molecular formula is C15H18F3N3O. The summed E-state index contributed by atoms with van der Waals surface area (Å²) < 4.78 is 39.8. The standard InChI is InChI=1S/C15H18F3N3O/c1-8(2)6-10-4-5-11(7-12(10)15(16,17)18)13-9(3)19-14(22)21-20-13/h4-5,7-9H,6H2,1-3H3,(H2,19,21,22)/t9-/m0/s1. The summed E-state index contributed by atoms with van der Waals surface area (Å²) in [7, 11) is 0. The Morgan fingerprint density at radius 1 is 1.32 bits per heavy atom. The zero-order valence-corrected chi connectivity index (χ0v) is 12.6. The molecule has 0 bridgehead atoms. The minimum atomic E-state index is -4.42. The Morgan fingerprint density at radius 2 is 2.00 bits per heavy atom. The lowest BCUT2D eigenvalue weighted by atomic mass is 9.93. The summed E-state index contributed by atoms with van der Waals surface area (Å²) in [6.45, 7) is 5.43. The first-order valence-electron chi connectivity index (χ1n) is 7.03. The number of carbonyl (C=O) groups is 1. The molecule has 22 heavy (non-hydrogen) atoms. The number of nitrogens with one attached hydrogen (secondary N) is 2. The van der Waals surface area contributed by atoms with Crippen molar-refractivity contribution < 1.29 is 18.0 Å². The lowest BCUT2D eigenvalue weighted by Crippen LogP contribution is -2.48. The average Bonchev–Trinajstić information content (AvgIpc) is 2.37. The normalized spacial score (nSPS) is 18.8. The first kappa shape index (κ1) is 16.3. The van der Waals surface area contributed by atoms with E-state index in [1.54, 1.807) is 13.0 Å². The molecule has 7 heteroatoms. The van der Waals surface area contributed by atoms with Crippen molar-refractivity contribution in [2.45, 2.75) is 39.4 Å². The summed E-state index contributed by atoms with van der Waals surface area (Å²) in [6, 6.07) is 3.28. The van der Waals surface area contributed by atoms with E-state index in [2.05, 4.69) is 15.8 Å². The third-order valence-corrected chi connectivity index (χ3v) is 3.37. The quantitative estimate of drug-likeness (QED) is 0.884. The molecule has 2 N–H and O–H groups in total. The van der Waals surface area contributed by atoms with Crippen molar-refractivity contribution in [2.75, 3.05) is 0 Å². The van der Waals surface area contributed by atoms with Gasteiger partial charge in [-0.05, 0) is 30.9 Å². The van der Waals surface area contributed by atoms with Crippen molar-refractivity contribution in [1.29, 1.82) is 0 Å². The number of rotatable bonds is 3. The van der Waals surface area contributed by atoms with Gasteiger partial charge < -0.3 is 5.32 Å². The molecule has 1 aromatic rings. The molecule has 4 nitrogen and oxygen atoms in total. The van der Waals surface area contributed by atoms with Crippen LogP contribution >= 0.6 is 0 Å². The molecule has 2 rings (SSSR count). The van der Waals surface area contributed by atoms with Gasteiger partial charge in [0.15, 0.2) is 0 Å². The van der Waals surface area contributed by atoms with Gasteiger partial charge >= 0.3 is 12.2 Å². The summed E-state index contributed by atoms with van der Waals surface area (Å²) in [5.41, 5.74) is 2.57. The fourth-order valence-corrected chi connectivity index (χ4v) is 2.44. The first-order valence-corrected chi connectivity index (χ1v) is 7.03. The number of amides is 2. The third-order valence-electron chi connectivity index (χ3n) is 3.37. The third kappa shape index (κ3) is 3.58. The summed E-state index contributed by atoms with van der Waals surface area (Å²) in [6.07, 6.45) is -4.07. The van der Waals surface area contributed by atoms with Gasteiger partial charge in [-0.3, -0.25) is 0 Å². The molecule has 1 aliphatic heterocycles. The number of hydrogen-bond donors (Lipinski definition) is 2.